The number of anilines is 1. The van der Waals surface area contributed by atoms with Crippen molar-refractivity contribution in [2.24, 2.45) is 0 Å². The molecule has 1 N–H and O–H groups in total. The van der Waals surface area contributed by atoms with Crippen molar-refractivity contribution in [3.63, 3.8) is 0 Å². The predicted octanol–water partition coefficient (Wildman–Crippen LogP) is 4.02. The van der Waals surface area contributed by atoms with E-state index in [2.05, 4.69) is 11.2 Å². The lowest BCUT2D eigenvalue weighted by Crippen LogP contribution is -2.05. The van der Waals surface area contributed by atoms with Gasteiger partial charge < -0.3 is 10.1 Å². The molecule has 2 aromatic carbocycles. The first kappa shape index (κ1) is 18.5. The van der Waals surface area contributed by atoms with Gasteiger partial charge in [-0.1, -0.05) is 35.2 Å². The SMILES string of the molecule is C#CCOc1cccc(Cl)c1CNc1ccc(Cl)c(S(C)(=O)=O)c1. The van der Waals surface area contributed by atoms with Crippen molar-refractivity contribution >= 4 is 38.7 Å². The molecule has 126 valence electrons. The molecule has 0 aliphatic carbocycles. The second kappa shape index (κ2) is 7.80. The molecule has 0 fully saturated rings. The van der Waals surface area contributed by atoms with Crippen LogP contribution in [0.4, 0.5) is 5.69 Å². The summed E-state index contributed by atoms with van der Waals surface area (Å²) in [6, 6.07) is 9.98. The van der Waals surface area contributed by atoms with E-state index in [4.69, 9.17) is 34.4 Å². The lowest BCUT2D eigenvalue weighted by atomic mass is 10.2. The summed E-state index contributed by atoms with van der Waals surface area (Å²) in [6.07, 6.45) is 6.32. The maximum atomic E-state index is 11.7. The summed E-state index contributed by atoms with van der Waals surface area (Å²) in [5.41, 5.74) is 1.33. The molecular formula is C17H15Cl2NO3S. The van der Waals surface area contributed by atoms with E-state index in [1.54, 1.807) is 24.3 Å². The number of terminal acetylenes is 1. The summed E-state index contributed by atoms with van der Waals surface area (Å²) < 4.78 is 28.9. The summed E-state index contributed by atoms with van der Waals surface area (Å²) in [5, 5.41) is 3.82. The highest BCUT2D eigenvalue weighted by Gasteiger charge is 2.14. The second-order valence-electron chi connectivity index (χ2n) is 4.98. The number of halogens is 2. The average Bonchev–Trinajstić information content (AvgIpc) is 2.52. The largest absolute Gasteiger partial charge is 0.481 e. The number of ether oxygens (including phenoxy) is 1. The number of rotatable bonds is 6. The molecule has 0 heterocycles. The van der Waals surface area contributed by atoms with Crippen molar-refractivity contribution in [3.8, 4) is 18.1 Å². The zero-order valence-corrected chi connectivity index (χ0v) is 15.2. The molecule has 7 heteroatoms. The Morgan fingerprint density at radius 2 is 1.96 bits per heavy atom. The molecule has 0 aliphatic rings. The fraction of sp³-hybridized carbons (Fsp3) is 0.176. The zero-order chi connectivity index (χ0) is 17.7. The van der Waals surface area contributed by atoms with Crippen LogP contribution >= 0.6 is 23.2 Å². The highest BCUT2D eigenvalue weighted by molar-refractivity contribution is 7.90. The molecule has 0 bridgehead atoms. The van der Waals surface area contributed by atoms with Gasteiger partial charge in [-0.3, -0.25) is 0 Å². The van der Waals surface area contributed by atoms with E-state index in [9.17, 15) is 8.42 Å². The molecule has 0 atom stereocenters. The molecule has 0 radical (unpaired) electrons. The van der Waals surface area contributed by atoms with Gasteiger partial charge in [0.25, 0.3) is 0 Å². The molecule has 0 saturated carbocycles. The van der Waals surface area contributed by atoms with Crippen LogP contribution in [0.3, 0.4) is 0 Å². The van der Waals surface area contributed by atoms with Crippen molar-refractivity contribution in [2.45, 2.75) is 11.4 Å². The molecule has 0 aromatic heterocycles. The lowest BCUT2D eigenvalue weighted by Gasteiger charge is -2.14. The first-order valence-electron chi connectivity index (χ1n) is 6.90. The maximum absolute atomic E-state index is 11.7. The maximum Gasteiger partial charge on any atom is 0.177 e. The topological polar surface area (TPSA) is 55.4 Å². The normalized spacial score (nSPS) is 10.9. The van der Waals surface area contributed by atoms with E-state index < -0.39 is 9.84 Å². The number of hydrogen-bond donors (Lipinski definition) is 1. The Balaban J connectivity index is 2.25. The summed E-state index contributed by atoms with van der Waals surface area (Å²) in [6.45, 7) is 0.469. The summed E-state index contributed by atoms with van der Waals surface area (Å²) in [5.74, 6) is 2.97. The molecule has 0 unspecified atom stereocenters. The molecule has 0 spiro atoms. The minimum absolute atomic E-state index is 0.0668. The number of benzene rings is 2. The third-order valence-electron chi connectivity index (χ3n) is 3.19. The van der Waals surface area contributed by atoms with Crippen LogP contribution < -0.4 is 10.1 Å². The van der Waals surface area contributed by atoms with E-state index in [1.807, 2.05) is 0 Å². The average molecular weight is 384 g/mol. The summed E-state index contributed by atoms with van der Waals surface area (Å²) in [7, 11) is -3.41. The quantitative estimate of drug-likeness (QED) is 0.765. The van der Waals surface area contributed by atoms with Crippen molar-refractivity contribution < 1.29 is 13.2 Å². The van der Waals surface area contributed by atoms with Gasteiger partial charge in [0.05, 0.1) is 9.92 Å². The Labute approximate surface area is 151 Å². The number of hydrogen-bond acceptors (Lipinski definition) is 4. The van der Waals surface area contributed by atoms with Gasteiger partial charge in [-0.2, -0.15) is 0 Å². The van der Waals surface area contributed by atoms with Gasteiger partial charge >= 0.3 is 0 Å². The third-order valence-corrected chi connectivity index (χ3v) is 5.12. The molecule has 0 amide bonds. The first-order valence-corrected chi connectivity index (χ1v) is 9.55. The van der Waals surface area contributed by atoms with Crippen LogP contribution in [0.1, 0.15) is 5.56 Å². The van der Waals surface area contributed by atoms with Crippen LogP contribution in [0.25, 0.3) is 0 Å². The summed E-state index contributed by atoms with van der Waals surface area (Å²) >= 11 is 12.2. The van der Waals surface area contributed by atoms with Gasteiger partial charge in [-0.05, 0) is 30.3 Å². The number of sulfone groups is 1. The van der Waals surface area contributed by atoms with Crippen LogP contribution in [-0.2, 0) is 16.4 Å². The standard InChI is InChI=1S/C17H15Cl2NO3S/c1-3-9-23-16-6-4-5-14(18)13(16)11-20-12-7-8-15(19)17(10-12)24(2,21)22/h1,4-8,10,20H,9,11H2,2H3. The minimum atomic E-state index is -3.41. The van der Waals surface area contributed by atoms with Gasteiger partial charge in [0, 0.05) is 29.1 Å². The molecular weight excluding hydrogens is 369 g/mol. The minimum Gasteiger partial charge on any atom is -0.481 e. The third kappa shape index (κ3) is 4.57. The van der Waals surface area contributed by atoms with Gasteiger partial charge in [0.1, 0.15) is 12.4 Å². The monoisotopic (exact) mass is 383 g/mol. The fourth-order valence-electron chi connectivity index (χ4n) is 2.05. The number of nitrogens with one attached hydrogen (secondary N) is 1. The molecule has 2 rings (SSSR count). The van der Waals surface area contributed by atoms with Crippen LogP contribution in [0.15, 0.2) is 41.3 Å². The van der Waals surface area contributed by atoms with Crippen LogP contribution in [-0.4, -0.2) is 21.3 Å². The van der Waals surface area contributed by atoms with Crippen LogP contribution in [0.5, 0.6) is 5.75 Å². The van der Waals surface area contributed by atoms with Crippen molar-refractivity contribution in [1.29, 1.82) is 0 Å². The molecule has 24 heavy (non-hydrogen) atoms. The van der Waals surface area contributed by atoms with Crippen molar-refractivity contribution in [2.75, 3.05) is 18.2 Å². The van der Waals surface area contributed by atoms with Gasteiger partial charge in [0.15, 0.2) is 9.84 Å². The Hall–Kier alpha value is -1.87. The lowest BCUT2D eigenvalue weighted by molar-refractivity contribution is 0.366. The zero-order valence-electron chi connectivity index (χ0n) is 12.8. The van der Waals surface area contributed by atoms with Crippen molar-refractivity contribution in [1.82, 2.24) is 0 Å². The van der Waals surface area contributed by atoms with Gasteiger partial charge in [0.2, 0.25) is 0 Å². The van der Waals surface area contributed by atoms with Gasteiger partial charge in [-0.15, -0.1) is 6.42 Å². The Morgan fingerprint density at radius 3 is 2.62 bits per heavy atom. The molecule has 4 nitrogen and oxygen atoms in total. The van der Waals surface area contributed by atoms with Crippen LogP contribution in [0, 0.1) is 12.3 Å². The molecule has 0 aliphatic heterocycles. The smallest absolute Gasteiger partial charge is 0.177 e. The first-order chi connectivity index (χ1) is 11.3. The Morgan fingerprint density at radius 1 is 1.21 bits per heavy atom. The van der Waals surface area contributed by atoms with E-state index in [-0.39, 0.29) is 16.5 Å². The van der Waals surface area contributed by atoms with E-state index in [1.165, 1.54) is 12.1 Å². The van der Waals surface area contributed by atoms with E-state index in [0.29, 0.717) is 23.0 Å². The van der Waals surface area contributed by atoms with Crippen LogP contribution in [0.2, 0.25) is 10.0 Å². The summed E-state index contributed by atoms with van der Waals surface area (Å²) in [4.78, 5) is 0.0668. The molecule has 2 aromatic rings. The Bertz CT molecular complexity index is 889. The van der Waals surface area contributed by atoms with E-state index in [0.717, 1.165) is 11.8 Å². The van der Waals surface area contributed by atoms with E-state index >= 15 is 0 Å². The van der Waals surface area contributed by atoms with Crippen molar-refractivity contribution in [3.05, 3.63) is 52.0 Å². The molecule has 0 saturated heterocycles. The van der Waals surface area contributed by atoms with Gasteiger partial charge in [-0.25, -0.2) is 8.42 Å². The fourth-order valence-corrected chi connectivity index (χ4v) is 3.59. The second-order valence-corrected chi connectivity index (χ2v) is 7.78. The predicted molar refractivity (Wildman–Crippen MR) is 97.7 cm³/mol. The highest BCUT2D eigenvalue weighted by Crippen LogP contribution is 2.29. The Kier molecular flexibility index (Phi) is 6.00. The highest BCUT2D eigenvalue weighted by atomic mass is 35.5.